The van der Waals surface area contributed by atoms with Crippen molar-refractivity contribution in [1.82, 2.24) is 5.32 Å². The molecule has 20 heavy (non-hydrogen) atoms. The molecule has 0 saturated heterocycles. The van der Waals surface area contributed by atoms with Crippen molar-refractivity contribution in [1.29, 1.82) is 0 Å². The Morgan fingerprint density at radius 2 is 1.95 bits per heavy atom. The molecule has 0 heterocycles. The van der Waals surface area contributed by atoms with Crippen LogP contribution in [0.25, 0.3) is 0 Å². The molecule has 3 heteroatoms. The lowest BCUT2D eigenvalue weighted by Gasteiger charge is -2.37. The zero-order chi connectivity index (χ0) is 14.7. The summed E-state index contributed by atoms with van der Waals surface area (Å²) in [5, 5.41) is 3.18. The van der Waals surface area contributed by atoms with Crippen molar-refractivity contribution in [3.05, 3.63) is 34.9 Å². The zero-order valence-corrected chi connectivity index (χ0v) is 12.7. The molecule has 1 N–H and O–H groups in total. The van der Waals surface area contributed by atoms with Crippen LogP contribution in [0, 0.1) is 30.4 Å². The van der Waals surface area contributed by atoms with Crippen molar-refractivity contribution in [2.45, 2.75) is 52.0 Å². The molecule has 0 aromatic heterocycles. The Morgan fingerprint density at radius 3 is 2.60 bits per heavy atom. The molecule has 3 atom stereocenters. The second-order valence-electron chi connectivity index (χ2n) is 5.97. The van der Waals surface area contributed by atoms with Crippen molar-refractivity contribution in [3.63, 3.8) is 0 Å². The Morgan fingerprint density at radius 1 is 1.25 bits per heavy atom. The molecular weight excluding hydrogens is 256 g/mol. The van der Waals surface area contributed by atoms with Gasteiger partial charge in [0.05, 0.1) is 0 Å². The monoisotopic (exact) mass is 281 g/mol. The summed E-state index contributed by atoms with van der Waals surface area (Å²) in [6.45, 7) is 3.88. The van der Waals surface area contributed by atoms with Gasteiger partial charge in [-0.1, -0.05) is 38.7 Å². The Balaban J connectivity index is 2.39. The molecule has 3 unspecified atom stereocenters. The highest BCUT2D eigenvalue weighted by molar-refractivity contribution is 5.30. The van der Waals surface area contributed by atoms with Crippen LogP contribution in [0.2, 0.25) is 0 Å². The van der Waals surface area contributed by atoms with E-state index in [2.05, 4.69) is 12.2 Å². The Bertz CT molecular complexity index is 459. The summed E-state index contributed by atoms with van der Waals surface area (Å²) >= 11 is 0. The second kappa shape index (κ2) is 6.66. The lowest BCUT2D eigenvalue weighted by atomic mass is 9.72. The first-order valence-electron chi connectivity index (χ1n) is 7.71. The summed E-state index contributed by atoms with van der Waals surface area (Å²) in [4.78, 5) is 0. The molecule has 0 bridgehead atoms. The van der Waals surface area contributed by atoms with Gasteiger partial charge >= 0.3 is 0 Å². The highest BCUT2D eigenvalue weighted by atomic mass is 19.1. The van der Waals surface area contributed by atoms with Crippen molar-refractivity contribution >= 4 is 0 Å². The third-order valence-electron chi connectivity index (χ3n) is 4.86. The van der Waals surface area contributed by atoms with Crippen LogP contribution in [-0.4, -0.2) is 7.05 Å². The standard InChI is InChI=1S/C17H25F2N/c1-4-12-7-5-6-8-13(12)17(20-3)15-14(18)10-9-11(2)16(15)19/h9-10,12-13,17,20H,4-8H2,1-3H3. The number of hydrogen-bond donors (Lipinski definition) is 1. The van der Waals surface area contributed by atoms with Gasteiger partial charge in [0.15, 0.2) is 0 Å². The van der Waals surface area contributed by atoms with Crippen molar-refractivity contribution in [2.24, 2.45) is 11.8 Å². The fraction of sp³-hybridized carbons (Fsp3) is 0.647. The number of rotatable bonds is 4. The third kappa shape index (κ3) is 2.88. The highest BCUT2D eigenvalue weighted by Gasteiger charge is 2.34. The lowest BCUT2D eigenvalue weighted by molar-refractivity contribution is 0.175. The van der Waals surface area contributed by atoms with Crippen molar-refractivity contribution < 1.29 is 8.78 Å². The van der Waals surface area contributed by atoms with E-state index in [0.29, 0.717) is 17.4 Å². The van der Waals surface area contributed by atoms with Crippen LogP contribution in [-0.2, 0) is 0 Å². The predicted octanol–water partition coefficient (Wildman–Crippen LogP) is 4.75. The number of aryl methyl sites for hydroxylation is 1. The van der Waals surface area contributed by atoms with Gasteiger partial charge in [0.25, 0.3) is 0 Å². The molecule has 0 radical (unpaired) electrons. The van der Waals surface area contributed by atoms with E-state index in [1.165, 1.54) is 25.0 Å². The van der Waals surface area contributed by atoms with Crippen LogP contribution in [0.1, 0.15) is 56.2 Å². The maximum Gasteiger partial charge on any atom is 0.133 e. The minimum atomic E-state index is -0.423. The fourth-order valence-corrected chi connectivity index (χ4v) is 3.72. The first kappa shape index (κ1) is 15.4. The zero-order valence-electron chi connectivity index (χ0n) is 12.7. The molecule has 1 saturated carbocycles. The summed E-state index contributed by atoms with van der Waals surface area (Å²) in [5.74, 6) is 0.0720. The average Bonchev–Trinajstić information content (AvgIpc) is 2.47. The van der Waals surface area contributed by atoms with E-state index in [4.69, 9.17) is 0 Å². The molecule has 1 aliphatic carbocycles. The average molecular weight is 281 g/mol. The molecule has 1 aliphatic rings. The van der Waals surface area contributed by atoms with E-state index in [1.807, 2.05) is 7.05 Å². The van der Waals surface area contributed by atoms with Gasteiger partial charge in [-0.25, -0.2) is 8.78 Å². The van der Waals surface area contributed by atoms with Gasteiger partial charge in [-0.3, -0.25) is 0 Å². The van der Waals surface area contributed by atoms with Crippen LogP contribution in [0.15, 0.2) is 12.1 Å². The maximum atomic E-state index is 14.4. The molecule has 1 nitrogen and oxygen atoms in total. The lowest BCUT2D eigenvalue weighted by Crippen LogP contribution is -2.34. The molecular formula is C17H25F2N. The van der Waals surface area contributed by atoms with Crippen LogP contribution in [0.5, 0.6) is 0 Å². The van der Waals surface area contributed by atoms with E-state index in [9.17, 15) is 8.78 Å². The summed E-state index contributed by atoms with van der Waals surface area (Å²) in [7, 11) is 1.81. The summed E-state index contributed by atoms with van der Waals surface area (Å²) in [5.41, 5.74) is 0.753. The molecule has 2 rings (SSSR count). The van der Waals surface area contributed by atoms with E-state index in [1.54, 1.807) is 6.92 Å². The van der Waals surface area contributed by atoms with Gasteiger partial charge in [-0.05, 0) is 43.9 Å². The molecule has 1 aromatic rings. The quantitative estimate of drug-likeness (QED) is 0.839. The van der Waals surface area contributed by atoms with Crippen molar-refractivity contribution in [2.75, 3.05) is 7.05 Å². The summed E-state index contributed by atoms with van der Waals surface area (Å²) in [6, 6.07) is 2.68. The number of benzene rings is 1. The molecule has 1 fully saturated rings. The minimum absolute atomic E-state index is 0.222. The summed E-state index contributed by atoms with van der Waals surface area (Å²) in [6.07, 6.45) is 5.71. The van der Waals surface area contributed by atoms with Crippen LogP contribution >= 0.6 is 0 Å². The third-order valence-corrected chi connectivity index (χ3v) is 4.86. The normalized spacial score (nSPS) is 24.6. The molecule has 0 spiro atoms. The van der Waals surface area contributed by atoms with Crippen molar-refractivity contribution in [3.8, 4) is 0 Å². The Hall–Kier alpha value is -0.960. The summed E-state index contributed by atoms with van der Waals surface area (Å²) < 4.78 is 28.6. The minimum Gasteiger partial charge on any atom is -0.313 e. The van der Waals surface area contributed by atoms with E-state index >= 15 is 0 Å². The maximum absolute atomic E-state index is 14.4. The largest absolute Gasteiger partial charge is 0.313 e. The molecule has 0 amide bonds. The predicted molar refractivity (Wildman–Crippen MR) is 78.6 cm³/mol. The van der Waals surface area contributed by atoms with Gasteiger partial charge in [-0.15, -0.1) is 0 Å². The second-order valence-corrected chi connectivity index (χ2v) is 5.97. The van der Waals surface area contributed by atoms with Gasteiger partial charge in [0.2, 0.25) is 0 Å². The SMILES string of the molecule is CCC1CCCCC1C(NC)c1c(F)ccc(C)c1F. The number of halogens is 2. The van der Waals surface area contributed by atoms with Gasteiger partial charge in [-0.2, -0.15) is 0 Å². The Labute approximate surface area is 120 Å². The first-order chi connectivity index (χ1) is 9.60. The van der Waals surface area contributed by atoms with E-state index in [0.717, 1.165) is 19.3 Å². The van der Waals surface area contributed by atoms with E-state index < -0.39 is 5.82 Å². The Kier molecular flexibility index (Phi) is 5.14. The van der Waals surface area contributed by atoms with Crippen LogP contribution < -0.4 is 5.32 Å². The number of hydrogen-bond acceptors (Lipinski definition) is 1. The van der Waals surface area contributed by atoms with E-state index in [-0.39, 0.29) is 17.4 Å². The van der Waals surface area contributed by atoms with Crippen LogP contribution in [0.3, 0.4) is 0 Å². The highest BCUT2D eigenvalue weighted by Crippen LogP contribution is 2.41. The van der Waals surface area contributed by atoms with Gasteiger partial charge in [0, 0.05) is 11.6 Å². The van der Waals surface area contributed by atoms with Gasteiger partial charge < -0.3 is 5.32 Å². The number of nitrogens with one attached hydrogen (secondary N) is 1. The molecule has 112 valence electrons. The van der Waals surface area contributed by atoms with Gasteiger partial charge in [0.1, 0.15) is 11.6 Å². The first-order valence-corrected chi connectivity index (χ1v) is 7.71. The smallest absolute Gasteiger partial charge is 0.133 e. The fourth-order valence-electron chi connectivity index (χ4n) is 3.72. The molecule has 1 aromatic carbocycles. The van der Waals surface area contributed by atoms with Crippen LogP contribution in [0.4, 0.5) is 8.78 Å². The topological polar surface area (TPSA) is 12.0 Å². The molecule has 0 aliphatic heterocycles.